The predicted molar refractivity (Wildman–Crippen MR) is 79.2 cm³/mol. The molecule has 0 aliphatic heterocycles. The summed E-state index contributed by atoms with van der Waals surface area (Å²) in [4.78, 5) is -0.120. The van der Waals surface area contributed by atoms with Gasteiger partial charge in [0.1, 0.15) is 5.82 Å². The van der Waals surface area contributed by atoms with Crippen molar-refractivity contribution in [3.8, 4) is 0 Å². The summed E-state index contributed by atoms with van der Waals surface area (Å²) in [6.45, 7) is 1.60. The van der Waals surface area contributed by atoms with E-state index in [2.05, 4.69) is 4.72 Å². The highest BCUT2D eigenvalue weighted by atomic mass is 32.2. The maximum atomic E-state index is 13.5. The zero-order valence-corrected chi connectivity index (χ0v) is 12.3. The molecule has 0 saturated carbocycles. The van der Waals surface area contributed by atoms with Gasteiger partial charge in [0.15, 0.2) is 0 Å². The van der Waals surface area contributed by atoms with Gasteiger partial charge in [-0.2, -0.15) is 0 Å². The minimum atomic E-state index is -3.82. The van der Waals surface area contributed by atoms with E-state index < -0.39 is 15.8 Å². The number of anilines is 1. The van der Waals surface area contributed by atoms with Crippen molar-refractivity contribution >= 4 is 15.7 Å². The molecule has 0 heterocycles. The van der Waals surface area contributed by atoms with Crippen molar-refractivity contribution in [3.05, 3.63) is 59.4 Å². The summed E-state index contributed by atoms with van der Waals surface area (Å²) < 4.78 is 40.2. The van der Waals surface area contributed by atoms with Crippen molar-refractivity contribution in [2.24, 2.45) is 0 Å². The van der Waals surface area contributed by atoms with E-state index in [0.29, 0.717) is 17.7 Å². The molecule has 0 atom stereocenters. The molecule has 0 amide bonds. The van der Waals surface area contributed by atoms with Crippen LogP contribution < -0.4 is 4.72 Å². The summed E-state index contributed by atoms with van der Waals surface area (Å²) in [5.74, 6) is -0.559. The van der Waals surface area contributed by atoms with Gasteiger partial charge in [-0.3, -0.25) is 4.72 Å². The van der Waals surface area contributed by atoms with Gasteiger partial charge in [-0.15, -0.1) is 0 Å². The molecule has 0 fully saturated rings. The fourth-order valence-electron chi connectivity index (χ4n) is 1.82. The highest BCUT2D eigenvalue weighted by Crippen LogP contribution is 2.19. The van der Waals surface area contributed by atoms with Crippen LogP contribution in [-0.2, 0) is 16.4 Å². The molecule has 6 heteroatoms. The quantitative estimate of drug-likeness (QED) is 0.891. The Labute approximate surface area is 123 Å². The third kappa shape index (κ3) is 3.80. The zero-order chi connectivity index (χ0) is 15.5. The van der Waals surface area contributed by atoms with Gasteiger partial charge in [-0.05, 0) is 48.7 Å². The van der Waals surface area contributed by atoms with Gasteiger partial charge < -0.3 is 5.11 Å². The van der Waals surface area contributed by atoms with Crippen LogP contribution in [-0.4, -0.2) is 20.1 Å². The standard InChI is InChI=1S/C15H16FNO3S/c1-11-2-7-14(10-15(11)16)21(19,20)17-13-5-3-12(4-6-13)8-9-18/h2-7,10,17-18H,8-9H2,1H3. The highest BCUT2D eigenvalue weighted by Gasteiger charge is 2.15. The van der Waals surface area contributed by atoms with E-state index in [4.69, 9.17) is 5.11 Å². The van der Waals surface area contributed by atoms with Crippen LogP contribution in [0.1, 0.15) is 11.1 Å². The maximum absolute atomic E-state index is 13.5. The number of halogens is 1. The second-order valence-corrected chi connectivity index (χ2v) is 6.37. The van der Waals surface area contributed by atoms with Crippen molar-refractivity contribution in [1.29, 1.82) is 0 Å². The van der Waals surface area contributed by atoms with Crippen LogP contribution >= 0.6 is 0 Å². The van der Waals surface area contributed by atoms with E-state index >= 15 is 0 Å². The minimum Gasteiger partial charge on any atom is -0.396 e. The first kappa shape index (κ1) is 15.5. The van der Waals surface area contributed by atoms with Crippen LogP contribution in [0.15, 0.2) is 47.4 Å². The van der Waals surface area contributed by atoms with Crippen LogP contribution in [0.2, 0.25) is 0 Å². The minimum absolute atomic E-state index is 0.0354. The van der Waals surface area contributed by atoms with Crippen LogP contribution in [0.25, 0.3) is 0 Å². The Morgan fingerprint density at radius 1 is 1.14 bits per heavy atom. The molecular weight excluding hydrogens is 293 g/mol. The number of rotatable bonds is 5. The molecular formula is C15H16FNO3S. The van der Waals surface area contributed by atoms with Gasteiger partial charge in [-0.1, -0.05) is 18.2 Å². The average Bonchev–Trinajstić information content (AvgIpc) is 2.44. The Balaban J connectivity index is 2.22. The van der Waals surface area contributed by atoms with Crippen LogP contribution in [0.4, 0.5) is 10.1 Å². The summed E-state index contributed by atoms with van der Waals surface area (Å²) in [6.07, 6.45) is 0.510. The monoisotopic (exact) mass is 309 g/mol. The molecule has 2 rings (SSSR count). The normalized spacial score (nSPS) is 11.4. The van der Waals surface area contributed by atoms with Crippen molar-refractivity contribution in [2.75, 3.05) is 11.3 Å². The number of sulfonamides is 1. The van der Waals surface area contributed by atoms with Crippen molar-refractivity contribution in [3.63, 3.8) is 0 Å². The Kier molecular flexibility index (Phi) is 4.59. The zero-order valence-electron chi connectivity index (χ0n) is 11.5. The highest BCUT2D eigenvalue weighted by molar-refractivity contribution is 7.92. The fraction of sp³-hybridized carbons (Fsp3) is 0.200. The molecule has 0 saturated heterocycles. The Hall–Kier alpha value is -1.92. The molecule has 2 N–H and O–H groups in total. The topological polar surface area (TPSA) is 66.4 Å². The van der Waals surface area contributed by atoms with E-state index in [9.17, 15) is 12.8 Å². The lowest BCUT2D eigenvalue weighted by Crippen LogP contribution is -2.13. The van der Waals surface area contributed by atoms with Gasteiger partial charge in [0, 0.05) is 12.3 Å². The maximum Gasteiger partial charge on any atom is 0.261 e. The number of aliphatic hydroxyl groups excluding tert-OH is 1. The van der Waals surface area contributed by atoms with Crippen LogP contribution in [0, 0.1) is 12.7 Å². The predicted octanol–water partition coefficient (Wildman–Crippen LogP) is 2.47. The molecule has 112 valence electrons. The molecule has 21 heavy (non-hydrogen) atoms. The van der Waals surface area contributed by atoms with Gasteiger partial charge in [0.25, 0.3) is 10.0 Å². The molecule has 0 unspecified atom stereocenters. The molecule has 2 aromatic rings. The number of benzene rings is 2. The summed E-state index contributed by atoms with van der Waals surface area (Å²) in [7, 11) is -3.82. The molecule has 0 aliphatic carbocycles. The number of nitrogens with one attached hydrogen (secondary N) is 1. The van der Waals surface area contributed by atoms with Gasteiger partial charge in [0.05, 0.1) is 4.90 Å². The average molecular weight is 309 g/mol. The SMILES string of the molecule is Cc1ccc(S(=O)(=O)Nc2ccc(CCO)cc2)cc1F. The van der Waals surface area contributed by atoms with Crippen LogP contribution in [0.5, 0.6) is 0 Å². The lowest BCUT2D eigenvalue weighted by molar-refractivity contribution is 0.299. The van der Waals surface area contributed by atoms with Gasteiger partial charge in [-0.25, -0.2) is 12.8 Å². The molecule has 0 bridgehead atoms. The van der Waals surface area contributed by atoms with Gasteiger partial charge in [0.2, 0.25) is 0 Å². The summed E-state index contributed by atoms with van der Waals surface area (Å²) in [5, 5.41) is 8.83. The molecule has 0 aromatic heterocycles. The lowest BCUT2D eigenvalue weighted by atomic mass is 10.1. The molecule has 2 aromatic carbocycles. The fourth-order valence-corrected chi connectivity index (χ4v) is 2.89. The van der Waals surface area contributed by atoms with Crippen molar-refractivity contribution < 1.29 is 17.9 Å². The van der Waals surface area contributed by atoms with Gasteiger partial charge >= 0.3 is 0 Å². The first-order valence-electron chi connectivity index (χ1n) is 6.41. The molecule has 0 radical (unpaired) electrons. The first-order chi connectivity index (χ1) is 9.92. The van der Waals surface area contributed by atoms with E-state index in [1.165, 1.54) is 12.1 Å². The third-order valence-electron chi connectivity index (χ3n) is 3.06. The smallest absolute Gasteiger partial charge is 0.261 e. The van der Waals surface area contributed by atoms with Crippen molar-refractivity contribution in [1.82, 2.24) is 0 Å². The molecule has 0 aliphatic rings. The lowest BCUT2D eigenvalue weighted by Gasteiger charge is -2.09. The molecule has 0 spiro atoms. The third-order valence-corrected chi connectivity index (χ3v) is 4.44. The number of aryl methyl sites for hydroxylation is 1. The number of hydrogen-bond donors (Lipinski definition) is 2. The van der Waals surface area contributed by atoms with E-state index in [1.807, 2.05) is 0 Å². The van der Waals surface area contributed by atoms with E-state index in [-0.39, 0.29) is 11.5 Å². The second kappa shape index (κ2) is 6.24. The Morgan fingerprint density at radius 3 is 2.38 bits per heavy atom. The largest absolute Gasteiger partial charge is 0.396 e. The van der Waals surface area contributed by atoms with Crippen LogP contribution in [0.3, 0.4) is 0 Å². The Bertz CT molecular complexity index is 727. The summed E-state index contributed by atoms with van der Waals surface area (Å²) >= 11 is 0. The summed E-state index contributed by atoms with van der Waals surface area (Å²) in [5.41, 5.74) is 1.68. The van der Waals surface area contributed by atoms with Crippen molar-refractivity contribution in [2.45, 2.75) is 18.2 Å². The van der Waals surface area contributed by atoms with E-state index in [1.54, 1.807) is 31.2 Å². The number of hydrogen-bond acceptors (Lipinski definition) is 3. The molecule has 4 nitrogen and oxygen atoms in total. The second-order valence-electron chi connectivity index (χ2n) is 4.69. The summed E-state index contributed by atoms with van der Waals surface area (Å²) in [6, 6.07) is 10.4. The van der Waals surface area contributed by atoms with E-state index in [0.717, 1.165) is 11.6 Å². The Morgan fingerprint density at radius 2 is 1.81 bits per heavy atom. The number of aliphatic hydroxyl groups is 1. The first-order valence-corrected chi connectivity index (χ1v) is 7.89.